The molecule has 3 heteroatoms. The molecule has 0 amide bonds. The van der Waals surface area contributed by atoms with E-state index in [9.17, 15) is 0 Å². The third-order valence-electron chi connectivity index (χ3n) is 6.29. The van der Waals surface area contributed by atoms with Gasteiger partial charge in [-0.15, -0.1) is 0 Å². The molecule has 178 valence electrons. The molecule has 1 rings (SSSR count). The topological polar surface area (TPSA) is 12.4 Å². The average molecular weight is 482 g/mol. The number of hydrogen-bond acceptors (Lipinski definition) is 1. The van der Waals surface area contributed by atoms with Gasteiger partial charge in [-0.05, 0) is 55.8 Å². The van der Waals surface area contributed by atoms with Crippen LogP contribution in [0, 0.1) is 0 Å². The molecule has 0 aromatic heterocycles. The Morgan fingerprint density at radius 1 is 0.935 bits per heavy atom. The molecule has 0 aromatic rings. The molecule has 0 fully saturated rings. The van der Waals surface area contributed by atoms with Gasteiger partial charge in [-0.25, -0.2) is 0 Å². The smallest absolute Gasteiger partial charge is 0.0425 e. The summed E-state index contributed by atoms with van der Waals surface area (Å²) in [5, 5.41) is 0. The molecule has 0 spiro atoms. The van der Waals surface area contributed by atoms with Crippen molar-refractivity contribution in [3.63, 3.8) is 0 Å². The second-order valence-electron chi connectivity index (χ2n) is 8.90. The minimum atomic E-state index is -1.35. The summed E-state index contributed by atoms with van der Waals surface area (Å²) in [6.45, 7) is 20.3. The number of rotatable bonds is 14. The second-order valence-corrected chi connectivity index (χ2v) is 13.3. The van der Waals surface area contributed by atoms with Gasteiger partial charge in [-0.1, -0.05) is 118 Å². The molecular weight excluding hydrogens is 429 g/mol. The van der Waals surface area contributed by atoms with Crippen molar-refractivity contribution in [1.29, 1.82) is 0 Å². The summed E-state index contributed by atoms with van der Waals surface area (Å²) in [4.78, 5) is 0. The minimum Gasteiger partial charge on any atom is -0.271 e. The van der Waals surface area contributed by atoms with E-state index in [-0.39, 0.29) is 21.7 Å². The van der Waals surface area contributed by atoms with Crippen LogP contribution in [0.5, 0.6) is 0 Å². The molecule has 0 N–H and O–H groups in total. The Bertz CT molecular complexity index is 550. The van der Waals surface area contributed by atoms with E-state index in [2.05, 4.69) is 79.3 Å². The molecule has 3 atom stereocenters. The van der Waals surface area contributed by atoms with E-state index in [1.54, 1.807) is 0 Å². The van der Waals surface area contributed by atoms with E-state index in [1.807, 2.05) is 12.2 Å². The predicted octanol–water partition coefficient (Wildman–Crippen LogP) is 10.5. The number of unbranched alkanes of at least 4 members (excludes halogenated alkanes) is 2. The van der Waals surface area contributed by atoms with Gasteiger partial charge in [0.15, 0.2) is 0 Å². The first-order valence-corrected chi connectivity index (χ1v) is 14.6. The predicted molar refractivity (Wildman–Crippen MR) is 143 cm³/mol. The maximum absolute atomic E-state index is 5.57. The van der Waals surface area contributed by atoms with Crippen molar-refractivity contribution in [2.45, 2.75) is 130 Å². The minimum absolute atomic E-state index is 0. The van der Waals surface area contributed by atoms with Crippen LogP contribution in [-0.4, -0.2) is 17.0 Å². The van der Waals surface area contributed by atoms with Crippen molar-refractivity contribution in [2.24, 2.45) is 4.74 Å². The molecule has 0 bridgehead atoms. The fourth-order valence-corrected chi connectivity index (χ4v) is 10.5. The van der Waals surface area contributed by atoms with Crippen LogP contribution in [0.25, 0.3) is 0 Å². The Morgan fingerprint density at radius 2 is 1.45 bits per heavy atom. The molecule has 0 aromatic carbocycles. The number of allylic oxidation sites excluding steroid dienone is 6. The van der Waals surface area contributed by atoms with Crippen molar-refractivity contribution >= 4 is 7.05 Å². The molecule has 1 nitrogen and oxygen atoms in total. The number of hydrogen-bond donors (Lipinski definition) is 0. The SMILES string of the molecule is C=CC=CCCCC.CCCC(C)P(=NC1=CC=CC1)(C(C)CCC)C(C)CCC.[Ti]. The van der Waals surface area contributed by atoms with E-state index in [0.717, 1.165) is 23.4 Å². The summed E-state index contributed by atoms with van der Waals surface area (Å²) in [6, 6.07) is 0. The molecular formula is C28H52NPTi. The standard InChI is InChI=1S/C20H38NP.C8H14.Ti/c1-7-12-17(4)22(18(5)13-8-2,19(6)14-9-3)21-20-15-10-11-16-20;1-3-5-7-8-6-4-2;/h10-11,15,17-19H,7-9,12-14,16H2,1-6H3;3,5,7H,1,4,6,8H2,2H3;. The normalized spacial score (nSPS) is 17.6. The van der Waals surface area contributed by atoms with Crippen LogP contribution < -0.4 is 0 Å². The first kappa shape index (κ1) is 33.1. The van der Waals surface area contributed by atoms with E-state index in [4.69, 9.17) is 4.74 Å². The molecule has 0 radical (unpaired) electrons. The molecule has 31 heavy (non-hydrogen) atoms. The van der Waals surface area contributed by atoms with Gasteiger partial charge >= 0.3 is 0 Å². The quantitative estimate of drug-likeness (QED) is 0.101. The Labute approximate surface area is 211 Å². The van der Waals surface area contributed by atoms with Gasteiger partial charge in [0.25, 0.3) is 0 Å². The average Bonchev–Trinajstić information content (AvgIpc) is 3.23. The van der Waals surface area contributed by atoms with E-state index >= 15 is 0 Å². The fraction of sp³-hybridized carbons (Fsp3) is 0.714. The Hall–Kier alpha value is -0.0957. The zero-order valence-corrected chi connectivity index (χ0v) is 24.3. The molecule has 0 aliphatic heterocycles. The number of nitrogens with zero attached hydrogens (tertiary/aromatic N) is 1. The van der Waals surface area contributed by atoms with E-state index in [1.165, 1.54) is 63.5 Å². The van der Waals surface area contributed by atoms with E-state index in [0.29, 0.717) is 0 Å². The van der Waals surface area contributed by atoms with Gasteiger partial charge < -0.3 is 0 Å². The van der Waals surface area contributed by atoms with Crippen LogP contribution in [0.4, 0.5) is 0 Å². The van der Waals surface area contributed by atoms with Gasteiger partial charge in [-0.3, -0.25) is 4.74 Å². The van der Waals surface area contributed by atoms with Crippen molar-refractivity contribution in [1.82, 2.24) is 0 Å². The van der Waals surface area contributed by atoms with Crippen molar-refractivity contribution in [3.05, 3.63) is 48.7 Å². The molecule has 3 unspecified atom stereocenters. The second kappa shape index (κ2) is 20.5. The molecule has 0 saturated heterocycles. The maximum atomic E-state index is 5.57. The van der Waals surface area contributed by atoms with Gasteiger partial charge in [-0.2, -0.15) is 0 Å². The summed E-state index contributed by atoms with van der Waals surface area (Å²) in [7, 11) is -1.35. The van der Waals surface area contributed by atoms with Crippen LogP contribution in [-0.2, 0) is 21.7 Å². The van der Waals surface area contributed by atoms with Gasteiger partial charge in [0.1, 0.15) is 0 Å². The van der Waals surface area contributed by atoms with Crippen LogP contribution >= 0.6 is 7.05 Å². The third kappa shape index (κ3) is 12.1. The summed E-state index contributed by atoms with van der Waals surface area (Å²) < 4.78 is 5.57. The van der Waals surface area contributed by atoms with Gasteiger partial charge in [0.05, 0.1) is 0 Å². The Morgan fingerprint density at radius 3 is 1.81 bits per heavy atom. The van der Waals surface area contributed by atoms with Gasteiger partial charge in [0.2, 0.25) is 0 Å². The fourth-order valence-electron chi connectivity index (χ4n) is 4.72. The largest absolute Gasteiger partial charge is 0.271 e. The summed E-state index contributed by atoms with van der Waals surface area (Å²) in [5.74, 6) is 0. The van der Waals surface area contributed by atoms with Crippen molar-refractivity contribution in [3.8, 4) is 0 Å². The van der Waals surface area contributed by atoms with Gasteiger partial charge in [0, 0.05) is 33.8 Å². The van der Waals surface area contributed by atoms with Crippen molar-refractivity contribution < 1.29 is 21.7 Å². The maximum Gasteiger partial charge on any atom is 0.0425 e. The molecule has 1 aliphatic carbocycles. The van der Waals surface area contributed by atoms with Crippen LogP contribution in [0.2, 0.25) is 0 Å². The molecule has 1 aliphatic rings. The monoisotopic (exact) mass is 481 g/mol. The first-order chi connectivity index (χ1) is 14.4. The summed E-state index contributed by atoms with van der Waals surface area (Å²) in [6.07, 6.45) is 25.3. The Kier molecular flexibility index (Phi) is 21.9. The van der Waals surface area contributed by atoms with Crippen LogP contribution in [0.1, 0.15) is 113 Å². The zero-order chi connectivity index (χ0) is 22.8. The van der Waals surface area contributed by atoms with Crippen LogP contribution in [0.15, 0.2) is 53.5 Å². The summed E-state index contributed by atoms with van der Waals surface area (Å²) in [5.41, 5.74) is 3.65. The van der Waals surface area contributed by atoms with Crippen molar-refractivity contribution in [2.75, 3.05) is 0 Å². The zero-order valence-electron chi connectivity index (χ0n) is 21.9. The van der Waals surface area contributed by atoms with Crippen LogP contribution in [0.3, 0.4) is 0 Å². The molecule has 0 saturated carbocycles. The van der Waals surface area contributed by atoms with E-state index < -0.39 is 7.05 Å². The summed E-state index contributed by atoms with van der Waals surface area (Å²) >= 11 is 0. The Balaban J connectivity index is 0. The molecule has 0 heterocycles. The third-order valence-corrected chi connectivity index (χ3v) is 11.9. The first-order valence-electron chi connectivity index (χ1n) is 12.7.